The number of anilines is 1. The molecule has 3 amide bonds. The molecule has 8 heteroatoms. The lowest BCUT2D eigenvalue weighted by atomic mass is 10.1. The lowest BCUT2D eigenvalue weighted by Crippen LogP contribution is -2.37. The van der Waals surface area contributed by atoms with Gasteiger partial charge in [0.05, 0.1) is 30.0 Å². The summed E-state index contributed by atoms with van der Waals surface area (Å²) in [5.74, 6) is -1.78. The van der Waals surface area contributed by atoms with Crippen molar-refractivity contribution < 1.29 is 29.0 Å². The van der Waals surface area contributed by atoms with Gasteiger partial charge >= 0.3 is 0 Å². The van der Waals surface area contributed by atoms with E-state index in [1.165, 1.54) is 6.07 Å². The van der Waals surface area contributed by atoms with Gasteiger partial charge < -0.3 is 19.9 Å². The number of phenols is 1. The monoisotopic (exact) mass is 382 g/mol. The number of hydrogen-bond donors (Lipinski definition) is 2. The van der Waals surface area contributed by atoms with Gasteiger partial charge in [0.15, 0.2) is 6.29 Å². The quantitative estimate of drug-likeness (QED) is 0.620. The molecular formula is C20H18N2O6. The van der Waals surface area contributed by atoms with Crippen LogP contribution in [-0.4, -0.2) is 47.5 Å². The summed E-state index contributed by atoms with van der Waals surface area (Å²) in [6, 6.07) is 11.0. The van der Waals surface area contributed by atoms with Crippen molar-refractivity contribution in [3.8, 4) is 5.75 Å². The molecule has 2 N–H and O–H groups in total. The Morgan fingerprint density at radius 2 is 1.71 bits per heavy atom. The molecule has 0 aromatic heterocycles. The predicted molar refractivity (Wildman–Crippen MR) is 97.8 cm³/mol. The Morgan fingerprint density at radius 3 is 2.36 bits per heavy atom. The molecule has 2 aromatic rings. The number of hydrogen-bond acceptors (Lipinski definition) is 6. The number of aromatic hydroxyl groups is 1. The lowest BCUT2D eigenvalue weighted by molar-refractivity contribution is -0.183. The zero-order valence-corrected chi connectivity index (χ0v) is 14.9. The zero-order valence-electron chi connectivity index (χ0n) is 14.9. The van der Waals surface area contributed by atoms with Crippen molar-refractivity contribution in [1.82, 2.24) is 4.90 Å². The summed E-state index contributed by atoms with van der Waals surface area (Å²) in [6.07, 6.45) is 0.236. The average molecular weight is 382 g/mol. The summed E-state index contributed by atoms with van der Waals surface area (Å²) in [7, 11) is 0. The second kappa shape index (κ2) is 7.41. The van der Waals surface area contributed by atoms with E-state index in [4.69, 9.17) is 9.47 Å². The third-order valence-electron chi connectivity index (χ3n) is 4.57. The molecule has 1 fully saturated rings. The van der Waals surface area contributed by atoms with Crippen LogP contribution in [0.3, 0.4) is 0 Å². The molecule has 144 valence electrons. The van der Waals surface area contributed by atoms with Gasteiger partial charge in [-0.1, -0.05) is 18.2 Å². The summed E-state index contributed by atoms with van der Waals surface area (Å²) in [5, 5.41) is 12.6. The number of imide groups is 1. The summed E-state index contributed by atoms with van der Waals surface area (Å²) in [5.41, 5.74) is 1.35. The van der Waals surface area contributed by atoms with E-state index in [0.717, 1.165) is 11.3 Å². The molecule has 0 unspecified atom stereocenters. The number of rotatable bonds is 4. The highest BCUT2D eigenvalue weighted by atomic mass is 16.7. The topological polar surface area (TPSA) is 105 Å². The molecule has 2 heterocycles. The Kier molecular flexibility index (Phi) is 4.81. The number of nitrogens with zero attached hydrogens (tertiary/aromatic N) is 1. The Hall–Kier alpha value is -3.23. The van der Waals surface area contributed by atoms with Crippen LogP contribution in [0, 0.1) is 0 Å². The molecule has 0 spiro atoms. The first-order valence-corrected chi connectivity index (χ1v) is 8.86. The van der Waals surface area contributed by atoms with E-state index in [1.807, 2.05) is 0 Å². The third-order valence-corrected chi connectivity index (χ3v) is 4.57. The van der Waals surface area contributed by atoms with E-state index in [1.54, 1.807) is 36.4 Å². The number of nitrogens with one attached hydrogen (secondary N) is 1. The summed E-state index contributed by atoms with van der Waals surface area (Å²) >= 11 is 0. The molecule has 0 bridgehead atoms. The number of carbonyl (C=O) groups is 3. The smallest absolute Gasteiger partial charge is 0.262 e. The molecule has 2 aliphatic heterocycles. The molecule has 4 rings (SSSR count). The van der Waals surface area contributed by atoms with Crippen molar-refractivity contribution in [2.45, 2.75) is 12.7 Å². The molecule has 8 nitrogen and oxygen atoms in total. The maximum Gasteiger partial charge on any atom is 0.262 e. The van der Waals surface area contributed by atoms with Crippen LogP contribution in [0.15, 0.2) is 42.5 Å². The standard InChI is InChI=1S/C20H18N2O6/c23-16-7-6-12(20-27-8-3-9-28-20)10-15(16)21-17(24)11-22-18(25)13-4-1-2-5-14(13)19(22)26/h1-2,4-7,10,20,23H,3,8-9,11H2,(H,21,24). The van der Waals surface area contributed by atoms with Crippen LogP contribution in [0.25, 0.3) is 0 Å². The zero-order chi connectivity index (χ0) is 19.7. The van der Waals surface area contributed by atoms with Gasteiger partial charge in [-0.05, 0) is 30.7 Å². The van der Waals surface area contributed by atoms with E-state index in [-0.39, 0.29) is 22.6 Å². The molecular weight excluding hydrogens is 364 g/mol. The maximum absolute atomic E-state index is 12.4. The van der Waals surface area contributed by atoms with Crippen LogP contribution < -0.4 is 5.32 Å². The van der Waals surface area contributed by atoms with Gasteiger partial charge in [-0.15, -0.1) is 0 Å². The number of phenolic OH excluding ortho intramolecular Hbond substituents is 1. The van der Waals surface area contributed by atoms with Crippen molar-refractivity contribution in [2.75, 3.05) is 25.1 Å². The van der Waals surface area contributed by atoms with Gasteiger partial charge in [0, 0.05) is 5.56 Å². The van der Waals surface area contributed by atoms with Gasteiger partial charge in [-0.2, -0.15) is 0 Å². The number of carbonyl (C=O) groups excluding carboxylic acids is 3. The normalized spacial score (nSPS) is 16.9. The molecule has 0 aliphatic carbocycles. The number of amides is 3. The first kappa shape index (κ1) is 18.1. The van der Waals surface area contributed by atoms with Crippen LogP contribution in [0.4, 0.5) is 5.69 Å². The minimum absolute atomic E-state index is 0.143. The highest BCUT2D eigenvalue weighted by molar-refractivity contribution is 6.22. The Labute approximate surface area is 160 Å². The Balaban J connectivity index is 1.47. The minimum atomic E-state index is -0.604. The first-order chi connectivity index (χ1) is 13.5. The first-order valence-electron chi connectivity index (χ1n) is 8.86. The van der Waals surface area contributed by atoms with Crippen molar-refractivity contribution in [3.05, 3.63) is 59.2 Å². The average Bonchev–Trinajstić information content (AvgIpc) is 2.95. The van der Waals surface area contributed by atoms with Crippen LogP contribution in [0.2, 0.25) is 0 Å². The van der Waals surface area contributed by atoms with Gasteiger partial charge in [0.1, 0.15) is 12.3 Å². The lowest BCUT2D eigenvalue weighted by Gasteiger charge is -2.24. The number of ether oxygens (including phenoxy) is 2. The fourth-order valence-corrected chi connectivity index (χ4v) is 3.20. The van der Waals surface area contributed by atoms with Gasteiger partial charge in [0.25, 0.3) is 11.8 Å². The van der Waals surface area contributed by atoms with Gasteiger partial charge in [0.2, 0.25) is 5.91 Å². The van der Waals surface area contributed by atoms with Gasteiger partial charge in [-0.25, -0.2) is 0 Å². The fourth-order valence-electron chi connectivity index (χ4n) is 3.20. The molecule has 0 radical (unpaired) electrons. The number of benzene rings is 2. The third kappa shape index (κ3) is 3.35. The summed E-state index contributed by atoms with van der Waals surface area (Å²) in [4.78, 5) is 38.0. The second-order valence-corrected chi connectivity index (χ2v) is 6.49. The molecule has 2 aliphatic rings. The molecule has 0 atom stereocenters. The van der Waals surface area contributed by atoms with Crippen molar-refractivity contribution in [3.63, 3.8) is 0 Å². The van der Waals surface area contributed by atoms with Crippen LogP contribution >= 0.6 is 0 Å². The van der Waals surface area contributed by atoms with E-state index in [9.17, 15) is 19.5 Å². The van der Waals surface area contributed by atoms with Crippen LogP contribution in [0.1, 0.15) is 39.0 Å². The highest BCUT2D eigenvalue weighted by Gasteiger charge is 2.36. The van der Waals surface area contributed by atoms with Crippen molar-refractivity contribution in [1.29, 1.82) is 0 Å². The largest absolute Gasteiger partial charge is 0.506 e. The SMILES string of the molecule is O=C(CN1C(=O)c2ccccc2C1=O)Nc1cc(C2OCCCO2)ccc1O. The highest BCUT2D eigenvalue weighted by Crippen LogP contribution is 2.30. The molecule has 1 saturated heterocycles. The van der Waals surface area contributed by atoms with Crippen molar-refractivity contribution in [2.24, 2.45) is 0 Å². The Morgan fingerprint density at radius 1 is 1.07 bits per heavy atom. The molecule has 28 heavy (non-hydrogen) atoms. The molecule has 0 saturated carbocycles. The maximum atomic E-state index is 12.4. The minimum Gasteiger partial charge on any atom is -0.506 e. The Bertz CT molecular complexity index is 916. The van der Waals surface area contributed by atoms with Gasteiger partial charge in [-0.3, -0.25) is 19.3 Å². The van der Waals surface area contributed by atoms with Crippen molar-refractivity contribution >= 4 is 23.4 Å². The fraction of sp³-hybridized carbons (Fsp3) is 0.250. The van der Waals surface area contributed by atoms with E-state index in [0.29, 0.717) is 18.8 Å². The summed E-state index contributed by atoms with van der Waals surface area (Å²) < 4.78 is 11.0. The predicted octanol–water partition coefficient (Wildman–Crippen LogP) is 2.06. The second-order valence-electron chi connectivity index (χ2n) is 6.49. The van der Waals surface area contributed by atoms with Crippen LogP contribution in [-0.2, 0) is 14.3 Å². The van der Waals surface area contributed by atoms with Crippen LogP contribution in [0.5, 0.6) is 5.75 Å². The number of fused-ring (bicyclic) bond motifs is 1. The van der Waals surface area contributed by atoms with E-state index >= 15 is 0 Å². The molecule has 2 aromatic carbocycles. The summed E-state index contributed by atoms with van der Waals surface area (Å²) in [6.45, 7) is 0.673. The van der Waals surface area contributed by atoms with E-state index < -0.39 is 30.6 Å². The van der Waals surface area contributed by atoms with E-state index in [2.05, 4.69) is 5.32 Å².